The molecule has 2 aromatic rings. The molecule has 0 aliphatic heterocycles. The fourth-order valence-corrected chi connectivity index (χ4v) is 1.29. The number of carbonyl (C=O) groups excluding carboxylic acids is 1. The van der Waals surface area contributed by atoms with Crippen LogP contribution in [0.3, 0.4) is 0 Å². The van der Waals surface area contributed by atoms with E-state index in [1.54, 1.807) is 31.2 Å². The summed E-state index contributed by atoms with van der Waals surface area (Å²) in [5.74, 6) is 0.321. The Morgan fingerprint density at radius 2 is 2.29 bits per heavy atom. The van der Waals surface area contributed by atoms with Crippen LogP contribution in [0.4, 0.5) is 4.79 Å². The Labute approximate surface area is 97.9 Å². The number of hydrogen-bond donors (Lipinski definition) is 0. The van der Waals surface area contributed by atoms with Gasteiger partial charge in [0.25, 0.3) is 0 Å². The number of benzene rings is 1. The molecule has 1 aromatic carbocycles. The Balaban J connectivity index is 2.16. The number of ether oxygens (including phenoxy) is 1. The van der Waals surface area contributed by atoms with Crippen LogP contribution in [0.5, 0.6) is 5.75 Å². The minimum atomic E-state index is -0.604. The number of aryl methyl sites for hydroxylation is 1. The molecular weight excluding hydrogens is 218 g/mol. The number of rotatable bonds is 1. The van der Waals surface area contributed by atoms with Crippen molar-refractivity contribution in [2.24, 2.45) is 0 Å². The topological polar surface area (TPSA) is 67.9 Å². The van der Waals surface area contributed by atoms with Gasteiger partial charge in [-0.3, -0.25) is 0 Å². The lowest BCUT2D eigenvalue weighted by molar-refractivity contribution is 0.198. The highest BCUT2D eigenvalue weighted by Crippen LogP contribution is 2.13. The third-order valence-corrected chi connectivity index (χ3v) is 2.08. The maximum absolute atomic E-state index is 11.6. The molecule has 1 heterocycles. The zero-order chi connectivity index (χ0) is 12.3. The normalized spacial score (nSPS) is 9.65. The summed E-state index contributed by atoms with van der Waals surface area (Å²) in [6, 6.07) is 10.1. The molecule has 0 saturated carbocycles. The van der Waals surface area contributed by atoms with Gasteiger partial charge >= 0.3 is 6.09 Å². The third kappa shape index (κ3) is 2.49. The molecular formula is C12H9N3O2. The Bertz CT molecular complexity index is 596. The van der Waals surface area contributed by atoms with Gasteiger partial charge in [0.05, 0.1) is 17.3 Å². The average Bonchev–Trinajstić information content (AvgIpc) is 2.76. The quantitative estimate of drug-likeness (QED) is 0.748. The summed E-state index contributed by atoms with van der Waals surface area (Å²) in [5, 5.41) is 12.6. The van der Waals surface area contributed by atoms with Gasteiger partial charge in [-0.25, -0.2) is 4.79 Å². The summed E-state index contributed by atoms with van der Waals surface area (Å²) in [4.78, 5) is 11.6. The van der Waals surface area contributed by atoms with E-state index in [0.717, 1.165) is 10.4 Å². The van der Waals surface area contributed by atoms with E-state index in [1.165, 1.54) is 12.3 Å². The van der Waals surface area contributed by atoms with Gasteiger partial charge in [-0.05, 0) is 31.2 Å². The van der Waals surface area contributed by atoms with E-state index < -0.39 is 6.09 Å². The van der Waals surface area contributed by atoms with Crippen molar-refractivity contribution >= 4 is 6.09 Å². The number of hydrogen-bond acceptors (Lipinski definition) is 4. The zero-order valence-corrected chi connectivity index (χ0v) is 9.12. The van der Waals surface area contributed by atoms with Crippen molar-refractivity contribution in [3.8, 4) is 11.8 Å². The molecule has 5 nitrogen and oxygen atoms in total. The molecule has 0 aliphatic carbocycles. The highest BCUT2D eigenvalue weighted by molar-refractivity contribution is 5.72. The Hall–Kier alpha value is -2.61. The number of carbonyl (C=O) groups is 1. The van der Waals surface area contributed by atoms with Gasteiger partial charge in [-0.1, -0.05) is 6.07 Å². The van der Waals surface area contributed by atoms with Crippen molar-refractivity contribution in [1.82, 2.24) is 9.78 Å². The summed E-state index contributed by atoms with van der Waals surface area (Å²) in [5.41, 5.74) is 1.17. The molecule has 84 valence electrons. The Morgan fingerprint density at radius 3 is 2.94 bits per heavy atom. The summed E-state index contributed by atoms with van der Waals surface area (Å²) >= 11 is 0. The SMILES string of the molecule is Cc1ccn(C(=O)Oc2cccc(C#N)c2)n1. The number of aromatic nitrogens is 2. The summed E-state index contributed by atoms with van der Waals surface area (Å²) < 4.78 is 6.17. The minimum absolute atomic E-state index is 0.321. The lowest BCUT2D eigenvalue weighted by atomic mass is 10.2. The number of nitriles is 1. The molecule has 0 fully saturated rings. The monoisotopic (exact) mass is 227 g/mol. The summed E-state index contributed by atoms with van der Waals surface area (Å²) in [6.45, 7) is 1.78. The van der Waals surface area contributed by atoms with Crippen molar-refractivity contribution in [3.05, 3.63) is 47.8 Å². The van der Waals surface area contributed by atoms with Crippen molar-refractivity contribution in [2.75, 3.05) is 0 Å². The smallest absolute Gasteiger partial charge is 0.409 e. The lowest BCUT2D eigenvalue weighted by Gasteiger charge is -2.03. The molecule has 0 saturated heterocycles. The molecule has 5 heteroatoms. The predicted molar refractivity (Wildman–Crippen MR) is 59.5 cm³/mol. The molecule has 0 radical (unpaired) electrons. The van der Waals surface area contributed by atoms with Gasteiger partial charge < -0.3 is 4.74 Å². The maximum atomic E-state index is 11.6. The molecule has 17 heavy (non-hydrogen) atoms. The molecule has 0 unspecified atom stereocenters. The van der Waals surface area contributed by atoms with Crippen molar-refractivity contribution in [1.29, 1.82) is 5.26 Å². The van der Waals surface area contributed by atoms with Crippen LogP contribution in [0.1, 0.15) is 11.3 Å². The van der Waals surface area contributed by atoms with E-state index in [9.17, 15) is 4.79 Å². The van der Waals surface area contributed by atoms with Gasteiger partial charge in [0, 0.05) is 6.20 Å². The van der Waals surface area contributed by atoms with Gasteiger partial charge in [-0.15, -0.1) is 0 Å². The first-order valence-corrected chi connectivity index (χ1v) is 4.93. The van der Waals surface area contributed by atoms with Crippen LogP contribution in [-0.2, 0) is 0 Å². The van der Waals surface area contributed by atoms with Gasteiger partial charge in [-0.2, -0.15) is 15.0 Å². The minimum Gasteiger partial charge on any atom is -0.409 e. The lowest BCUT2D eigenvalue weighted by Crippen LogP contribution is -2.17. The summed E-state index contributed by atoms with van der Waals surface area (Å²) in [7, 11) is 0. The first kappa shape index (κ1) is 10.9. The van der Waals surface area contributed by atoms with E-state index in [1.807, 2.05) is 6.07 Å². The van der Waals surface area contributed by atoms with Crippen LogP contribution in [0, 0.1) is 18.3 Å². The Morgan fingerprint density at radius 1 is 1.47 bits per heavy atom. The molecule has 0 amide bonds. The number of nitrogens with zero attached hydrogens (tertiary/aromatic N) is 3. The van der Waals surface area contributed by atoms with Crippen LogP contribution in [0.25, 0.3) is 0 Å². The second-order valence-electron chi connectivity index (χ2n) is 3.41. The van der Waals surface area contributed by atoms with Crippen molar-refractivity contribution in [3.63, 3.8) is 0 Å². The largest absolute Gasteiger partial charge is 0.440 e. The second-order valence-corrected chi connectivity index (χ2v) is 3.41. The van der Waals surface area contributed by atoms with Crippen LogP contribution in [0.2, 0.25) is 0 Å². The highest BCUT2D eigenvalue weighted by atomic mass is 16.6. The predicted octanol–water partition coefficient (Wildman–Crippen LogP) is 2.11. The van der Waals surface area contributed by atoms with Crippen LogP contribution < -0.4 is 4.74 Å². The maximum Gasteiger partial charge on any atom is 0.440 e. The van der Waals surface area contributed by atoms with Gasteiger partial charge in [0.1, 0.15) is 5.75 Å². The first-order valence-electron chi connectivity index (χ1n) is 4.93. The first-order chi connectivity index (χ1) is 8.19. The van der Waals surface area contributed by atoms with Crippen LogP contribution in [0.15, 0.2) is 36.5 Å². The molecule has 0 spiro atoms. The van der Waals surface area contributed by atoms with Crippen molar-refractivity contribution < 1.29 is 9.53 Å². The zero-order valence-electron chi connectivity index (χ0n) is 9.12. The standard InChI is InChI=1S/C12H9N3O2/c1-9-5-6-15(14-9)12(16)17-11-4-2-3-10(7-11)8-13/h2-7H,1H3. The summed E-state index contributed by atoms with van der Waals surface area (Å²) in [6.07, 6.45) is 0.916. The van der Waals surface area contributed by atoms with E-state index in [-0.39, 0.29) is 0 Å². The molecule has 0 bridgehead atoms. The molecule has 0 atom stereocenters. The van der Waals surface area contributed by atoms with Crippen molar-refractivity contribution in [2.45, 2.75) is 6.92 Å². The van der Waals surface area contributed by atoms with E-state index in [2.05, 4.69) is 5.10 Å². The second kappa shape index (κ2) is 4.49. The fourth-order valence-electron chi connectivity index (χ4n) is 1.29. The third-order valence-electron chi connectivity index (χ3n) is 2.08. The van der Waals surface area contributed by atoms with Crippen LogP contribution in [-0.4, -0.2) is 15.9 Å². The van der Waals surface area contributed by atoms with Gasteiger partial charge in [0.2, 0.25) is 0 Å². The fraction of sp³-hybridized carbons (Fsp3) is 0.0833. The van der Waals surface area contributed by atoms with E-state index in [0.29, 0.717) is 11.3 Å². The molecule has 1 aromatic heterocycles. The van der Waals surface area contributed by atoms with E-state index in [4.69, 9.17) is 10.00 Å². The average molecular weight is 227 g/mol. The van der Waals surface area contributed by atoms with E-state index >= 15 is 0 Å². The van der Waals surface area contributed by atoms with Gasteiger partial charge in [0.15, 0.2) is 0 Å². The molecule has 0 N–H and O–H groups in total. The molecule has 2 rings (SSSR count). The molecule has 0 aliphatic rings. The highest BCUT2D eigenvalue weighted by Gasteiger charge is 2.08. The Kier molecular flexibility index (Phi) is 2.88. The van der Waals surface area contributed by atoms with Crippen LogP contribution >= 0.6 is 0 Å².